The van der Waals surface area contributed by atoms with E-state index in [1.54, 1.807) is 31.4 Å². The van der Waals surface area contributed by atoms with Crippen molar-refractivity contribution in [2.75, 3.05) is 20.8 Å². The van der Waals surface area contributed by atoms with E-state index in [4.69, 9.17) is 14.6 Å². The Labute approximate surface area is 123 Å². The molecule has 0 aliphatic carbocycles. The van der Waals surface area contributed by atoms with Crippen LogP contribution in [0, 0.1) is 0 Å². The molecule has 0 heterocycles. The second-order valence-corrected chi connectivity index (χ2v) is 4.20. The van der Waals surface area contributed by atoms with Gasteiger partial charge in [0.05, 0.1) is 14.2 Å². The van der Waals surface area contributed by atoms with Gasteiger partial charge in [0, 0.05) is 24.6 Å². The van der Waals surface area contributed by atoms with E-state index < -0.39 is 5.97 Å². The molecule has 0 saturated heterocycles. The van der Waals surface area contributed by atoms with Gasteiger partial charge in [0.1, 0.15) is 0 Å². The van der Waals surface area contributed by atoms with Crippen LogP contribution in [-0.2, 0) is 9.59 Å². The van der Waals surface area contributed by atoms with Crippen LogP contribution in [-0.4, -0.2) is 37.7 Å². The molecule has 2 N–H and O–H groups in total. The molecule has 1 aromatic rings. The highest BCUT2D eigenvalue weighted by molar-refractivity contribution is 5.92. The summed E-state index contributed by atoms with van der Waals surface area (Å²) in [6, 6.07) is 5.36. The van der Waals surface area contributed by atoms with E-state index in [9.17, 15) is 9.59 Å². The molecule has 0 unspecified atom stereocenters. The van der Waals surface area contributed by atoms with Crippen molar-refractivity contribution in [3.05, 3.63) is 29.8 Å². The lowest BCUT2D eigenvalue weighted by Crippen LogP contribution is -2.22. The molecule has 0 fully saturated rings. The maximum absolute atomic E-state index is 11.6. The molecule has 21 heavy (non-hydrogen) atoms. The number of rotatable bonds is 8. The zero-order valence-electron chi connectivity index (χ0n) is 12.1. The minimum atomic E-state index is -0.874. The molecule has 1 amide bonds. The lowest BCUT2D eigenvalue weighted by Gasteiger charge is -2.09. The molecule has 1 rings (SSSR count). The Morgan fingerprint density at radius 3 is 2.67 bits per heavy atom. The number of carboxylic acid groups (broad SMARTS) is 1. The predicted octanol–water partition coefficient (Wildman–Crippen LogP) is 1.70. The second kappa shape index (κ2) is 8.63. The van der Waals surface area contributed by atoms with E-state index in [-0.39, 0.29) is 12.3 Å². The number of amides is 1. The first-order valence-corrected chi connectivity index (χ1v) is 6.47. The summed E-state index contributed by atoms with van der Waals surface area (Å²) in [4.78, 5) is 21.9. The van der Waals surface area contributed by atoms with Gasteiger partial charge < -0.3 is 19.9 Å². The quantitative estimate of drug-likeness (QED) is 0.563. The molecular formula is C15H19NO5. The van der Waals surface area contributed by atoms with Crippen LogP contribution in [0.1, 0.15) is 18.4 Å². The van der Waals surface area contributed by atoms with Crippen LogP contribution in [0.4, 0.5) is 0 Å². The van der Waals surface area contributed by atoms with Gasteiger partial charge in [-0.3, -0.25) is 9.59 Å². The minimum Gasteiger partial charge on any atom is -0.493 e. The predicted molar refractivity (Wildman–Crippen MR) is 78.5 cm³/mol. The zero-order chi connectivity index (χ0) is 15.7. The number of carbonyl (C=O) groups is 2. The van der Waals surface area contributed by atoms with Crippen LogP contribution in [0.3, 0.4) is 0 Å². The van der Waals surface area contributed by atoms with E-state index in [1.807, 2.05) is 0 Å². The molecule has 6 heteroatoms. The van der Waals surface area contributed by atoms with Gasteiger partial charge in [-0.1, -0.05) is 12.1 Å². The zero-order valence-corrected chi connectivity index (χ0v) is 12.1. The van der Waals surface area contributed by atoms with Crippen LogP contribution in [0.15, 0.2) is 24.3 Å². The molecule has 0 aliphatic heterocycles. The molecule has 0 atom stereocenters. The Balaban J connectivity index is 2.60. The Kier molecular flexibility index (Phi) is 6.80. The normalized spacial score (nSPS) is 10.4. The molecular weight excluding hydrogens is 274 g/mol. The van der Waals surface area contributed by atoms with Gasteiger partial charge in [0.2, 0.25) is 5.91 Å². The van der Waals surface area contributed by atoms with Gasteiger partial charge >= 0.3 is 5.97 Å². The van der Waals surface area contributed by atoms with Crippen molar-refractivity contribution in [2.45, 2.75) is 12.8 Å². The number of methoxy groups -OCH3 is 2. The van der Waals surface area contributed by atoms with E-state index in [0.29, 0.717) is 24.5 Å². The summed E-state index contributed by atoms with van der Waals surface area (Å²) in [7, 11) is 3.07. The average Bonchev–Trinajstić information content (AvgIpc) is 2.48. The number of ether oxygens (including phenoxy) is 2. The molecule has 0 spiro atoms. The third kappa shape index (κ3) is 5.56. The smallest absolute Gasteiger partial charge is 0.303 e. The Hall–Kier alpha value is -2.50. The van der Waals surface area contributed by atoms with Crippen molar-refractivity contribution in [1.29, 1.82) is 0 Å². The molecule has 6 nitrogen and oxygen atoms in total. The van der Waals surface area contributed by atoms with Crippen LogP contribution in [0.5, 0.6) is 11.5 Å². The largest absolute Gasteiger partial charge is 0.493 e. The first kappa shape index (κ1) is 16.6. The minimum absolute atomic E-state index is 0.0354. The number of nitrogens with one attached hydrogen (secondary N) is 1. The van der Waals surface area contributed by atoms with Crippen LogP contribution >= 0.6 is 0 Å². The van der Waals surface area contributed by atoms with Gasteiger partial charge in [-0.2, -0.15) is 0 Å². The summed E-state index contributed by atoms with van der Waals surface area (Å²) in [6.45, 7) is 0.324. The van der Waals surface area contributed by atoms with Crippen molar-refractivity contribution in [2.24, 2.45) is 0 Å². The first-order chi connectivity index (χ1) is 10.1. The highest BCUT2D eigenvalue weighted by Crippen LogP contribution is 2.31. The van der Waals surface area contributed by atoms with Crippen molar-refractivity contribution < 1.29 is 24.2 Å². The summed E-state index contributed by atoms with van der Waals surface area (Å²) in [6.07, 6.45) is 3.43. The van der Waals surface area contributed by atoms with Gasteiger partial charge in [0.15, 0.2) is 11.5 Å². The maximum atomic E-state index is 11.6. The monoisotopic (exact) mass is 293 g/mol. The van der Waals surface area contributed by atoms with E-state index >= 15 is 0 Å². The Bertz CT molecular complexity index is 525. The first-order valence-electron chi connectivity index (χ1n) is 6.47. The van der Waals surface area contributed by atoms with Gasteiger partial charge in [-0.25, -0.2) is 0 Å². The fourth-order valence-electron chi connectivity index (χ4n) is 1.72. The summed E-state index contributed by atoms with van der Waals surface area (Å²) < 4.78 is 10.4. The van der Waals surface area contributed by atoms with Crippen LogP contribution < -0.4 is 14.8 Å². The van der Waals surface area contributed by atoms with Crippen molar-refractivity contribution >= 4 is 18.0 Å². The van der Waals surface area contributed by atoms with Crippen LogP contribution in [0.25, 0.3) is 6.08 Å². The van der Waals surface area contributed by atoms with Crippen LogP contribution in [0.2, 0.25) is 0 Å². The summed E-state index contributed by atoms with van der Waals surface area (Å²) in [5.41, 5.74) is 0.720. The lowest BCUT2D eigenvalue weighted by atomic mass is 10.1. The van der Waals surface area contributed by atoms with Gasteiger partial charge in [0.25, 0.3) is 0 Å². The SMILES string of the molecule is COc1cccc(C=CC(=O)NCCCC(=O)O)c1OC. The van der Waals surface area contributed by atoms with Crippen molar-refractivity contribution in [1.82, 2.24) is 5.32 Å². The third-order valence-electron chi connectivity index (χ3n) is 2.71. The summed E-state index contributed by atoms with van der Waals surface area (Å²) in [5, 5.41) is 11.1. The Morgan fingerprint density at radius 1 is 1.29 bits per heavy atom. The molecule has 0 radical (unpaired) electrons. The number of hydrogen-bond acceptors (Lipinski definition) is 4. The van der Waals surface area contributed by atoms with Gasteiger partial charge in [-0.05, 0) is 18.6 Å². The number of carboxylic acids is 1. The lowest BCUT2D eigenvalue weighted by molar-refractivity contribution is -0.137. The number of para-hydroxylation sites is 1. The van der Waals surface area contributed by atoms with Crippen molar-refractivity contribution in [3.63, 3.8) is 0 Å². The second-order valence-electron chi connectivity index (χ2n) is 4.20. The number of aliphatic carboxylic acids is 1. The van der Waals surface area contributed by atoms with E-state index in [0.717, 1.165) is 5.56 Å². The molecule has 0 aromatic heterocycles. The summed E-state index contributed by atoms with van der Waals surface area (Å²) in [5.74, 6) is -0.0254. The number of benzene rings is 1. The highest BCUT2D eigenvalue weighted by atomic mass is 16.5. The van der Waals surface area contributed by atoms with E-state index in [1.165, 1.54) is 13.2 Å². The van der Waals surface area contributed by atoms with E-state index in [2.05, 4.69) is 5.32 Å². The molecule has 114 valence electrons. The molecule has 0 bridgehead atoms. The molecule has 0 saturated carbocycles. The third-order valence-corrected chi connectivity index (χ3v) is 2.71. The van der Waals surface area contributed by atoms with Gasteiger partial charge in [-0.15, -0.1) is 0 Å². The number of hydrogen-bond donors (Lipinski definition) is 2. The Morgan fingerprint density at radius 2 is 2.05 bits per heavy atom. The average molecular weight is 293 g/mol. The number of carbonyl (C=O) groups excluding carboxylic acids is 1. The topological polar surface area (TPSA) is 84.9 Å². The maximum Gasteiger partial charge on any atom is 0.303 e. The van der Waals surface area contributed by atoms with Crippen molar-refractivity contribution in [3.8, 4) is 11.5 Å². The molecule has 1 aromatic carbocycles. The fourth-order valence-corrected chi connectivity index (χ4v) is 1.72. The fraction of sp³-hybridized carbons (Fsp3) is 0.333. The standard InChI is InChI=1S/C15H19NO5/c1-20-12-6-3-5-11(15(12)21-2)8-9-13(17)16-10-4-7-14(18)19/h3,5-6,8-9H,4,7,10H2,1-2H3,(H,16,17)(H,18,19). The molecule has 0 aliphatic rings. The highest BCUT2D eigenvalue weighted by Gasteiger charge is 2.07. The summed E-state index contributed by atoms with van der Waals surface area (Å²) >= 11 is 0.